The van der Waals surface area contributed by atoms with Crippen LogP contribution in [0.2, 0.25) is 0 Å². The molecule has 1 aliphatic rings. The fourth-order valence-electron chi connectivity index (χ4n) is 4.39. The van der Waals surface area contributed by atoms with Crippen molar-refractivity contribution in [3.05, 3.63) is 0 Å². The third-order valence-corrected chi connectivity index (χ3v) is 6.83. The summed E-state index contributed by atoms with van der Waals surface area (Å²) in [5, 5.41) is 6.39. The van der Waals surface area contributed by atoms with E-state index in [1.807, 2.05) is 6.92 Å². The number of thioether (sulfide) groups is 1. The minimum atomic E-state index is 0.00620. The Hall–Kier alpha value is -0.710. The van der Waals surface area contributed by atoms with Gasteiger partial charge in [-0.25, -0.2) is 0 Å². The lowest BCUT2D eigenvalue weighted by atomic mass is 9.70. The molecular weight excluding hydrogens is 368 g/mol. The van der Waals surface area contributed by atoms with E-state index in [-0.39, 0.29) is 29.7 Å². The van der Waals surface area contributed by atoms with Gasteiger partial charge in [0.05, 0.1) is 0 Å². The molecule has 0 aromatic carbocycles. The van der Waals surface area contributed by atoms with E-state index in [4.69, 9.17) is 0 Å². The molecule has 0 unspecified atom stereocenters. The number of nitrogens with one attached hydrogen (secondary N) is 2. The summed E-state index contributed by atoms with van der Waals surface area (Å²) in [5.41, 5.74) is 0. The van der Waals surface area contributed by atoms with Crippen LogP contribution < -0.4 is 10.6 Å². The molecule has 0 heterocycles. The Balaban J connectivity index is 2.65. The number of hydrogen-bond acceptors (Lipinski definition) is 3. The molecule has 0 radical (unpaired) electrons. The highest BCUT2D eigenvalue weighted by molar-refractivity contribution is 7.98. The second-order valence-electron chi connectivity index (χ2n) is 9.70. The summed E-state index contributed by atoms with van der Waals surface area (Å²) < 4.78 is 0. The van der Waals surface area contributed by atoms with Gasteiger partial charge in [0.2, 0.25) is 11.8 Å². The van der Waals surface area contributed by atoms with Crippen molar-refractivity contribution >= 4 is 23.6 Å². The number of carbonyl (C=O) groups excluding carboxylic acids is 2. The molecule has 1 saturated carbocycles. The molecule has 1 aliphatic carbocycles. The van der Waals surface area contributed by atoms with E-state index >= 15 is 0 Å². The van der Waals surface area contributed by atoms with Crippen LogP contribution >= 0.6 is 11.8 Å². The number of rotatable bonds is 11. The molecule has 1 rings (SSSR count). The van der Waals surface area contributed by atoms with Crippen molar-refractivity contribution in [1.82, 2.24) is 10.6 Å². The van der Waals surface area contributed by atoms with Gasteiger partial charge in [0.25, 0.3) is 0 Å². The third-order valence-electron chi connectivity index (χ3n) is 6.19. The fraction of sp³-hybridized carbons (Fsp3) is 0.913. The lowest BCUT2D eigenvalue weighted by Crippen LogP contribution is -2.48. The fourth-order valence-corrected chi connectivity index (χ4v) is 4.98. The van der Waals surface area contributed by atoms with Crippen LogP contribution in [-0.2, 0) is 9.59 Å². The minimum absolute atomic E-state index is 0.00620. The van der Waals surface area contributed by atoms with Crippen LogP contribution in [-0.4, -0.2) is 36.4 Å². The van der Waals surface area contributed by atoms with Crippen LogP contribution in [0.1, 0.15) is 73.6 Å². The van der Waals surface area contributed by atoms with Gasteiger partial charge >= 0.3 is 0 Å². The van der Waals surface area contributed by atoms with E-state index in [0.29, 0.717) is 30.2 Å². The third kappa shape index (κ3) is 8.75. The van der Waals surface area contributed by atoms with Gasteiger partial charge in [-0.3, -0.25) is 9.59 Å². The van der Waals surface area contributed by atoms with E-state index in [2.05, 4.69) is 51.5 Å². The van der Waals surface area contributed by atoms with Crippen LogP contribution in [0, 0.1) is 35.5 Å². The zero-order chi connectivity index (χ0) is 21.3. The highest BCUT2D eigenvalue weighted by atomic mass is 32.2. The van der Waals surface area contributed by atoms with Crippen LogP contribution in [0.5, 0.6) is 0 Å². The number of hydrogen-bond donors (Lipinski definition) is 2. The molecule has 5 heteroatoms. The second-order valence-corrected chi connectivity index (χ2v) is 10.7. The van der Waals surface area contributed by atoms with Gasteiger partial charge in [-0.1, -0.05) is 48.0 Å². The van der Waals surface area contributed by atoms with Crippen molar-refractivity contribution in [1.29, 1.82) is 0 Å². The van der Waals surface area contributed by atoms with Crippen LogP contribution in [0.25, 0.3) is 0 Å². The second kappa shape index (κ2) is 12.8. The van der Waals surface area contributed by atoms with E-state index in [0.717, 1.165) is 31.4 Å². The molecule has 4 nitrogen and oxygen atoms in total. The predicted molar refractivity (Wildman–Crippen MR) is 121 cm³/mol. The molecule has 0 aromatic rings. The van der Waals surface area contributed by atoms with Crippen molar-refractivity contribution in [3.8, 4) is 0 Å². The number of amides is 2. The first-order valence-corrected chi connectivity index (χ1v) is 12.6. The Bertz CT molecular complexity index is 481. The smallest absolute Gasteiger partial charge is 0.223 e. The minimum Gasteiger partial charge on any atom is -0.354 e. The van der Waals surface area contributed by atoms with E-state index in [1.54, 1.807) is 11.8 Å². The lowest BCUT2D eigenvalue weighted by Gasteiger charge is -2.36. The van der Waals surface area contributed by atoms with Crippen LogP contribution in [0.3, 0.4) is 0 Å². The molecular formula is C23H44N2O2S. The molecule has 0 aliphatic heterocycles. The van der Waals surface area contributed by atoms with Gasteiger partial charge in [0.1, 0.15) is 0 Å². The van der Waals surface area contributed by atoms with Crippen molar-refractivity contribution in [3.63, 3.8) is 0 Å². The van der Waals surface area contributed by atoms with Gasteiger partial charge in [0.15, 0.2) is 0 Å². The Morgan fingerprint density at radius 2 is 1.79 bits per heavy atom. The molecule has 164 valence electrons. The van der Waals surface area contributed by atoms with Gasteiger partial charge in [-0.05, 0) is 61.4 Å². The monoisotopic (exact) mass is 412 g/mol. The van der Waals surface area contributed by atoms with Gasteiger partial charge < -0.3 is 10.6 Å². The molecule has 2 amide bonds. The standard InChI is InChI=1S/C23H44N2O2S/c1-15(2)12-19(25-22(26)18(6)10-11-28-7)14-24-23(27)21-13-17(5)8-9-20(21)16(3)4/h15-21H,8-14H2,1-7H3,(H,24,27)(H,25,26)/t17-,18+,19+,20+,21-/m1/s1. The molecule has 2 N–H and O–H groups in total. The molecule has 0 bridgehead atoms. The first-order chi connectivity index (χ1) is 13.1. The Morgan fingerprint density at radius 3 is 2.36 bits per heavy atom. The van der Waals surface area contributed by atoms with Crippen molar-refractivity contribution in [2.75, 3.05) is 18.6 Å². The summed E-state index contributed by atoms with van der Waals surface area (Å²) >= 11 is 1.77. The molecule has 0 saturated heterocycles. The molecule has 5 atom stereocenters. The summed E-state index contributed by atoms with van der Waals surface area (Å²) in [6.45, 7) is 13.6. The van der Waals surface area contributed by atoms with Crippen molar-refractivity contribution in [2.24, 2.45) is 35.5 Å². The largest absolute Gasteiger partial charge is 0.354 e. The zero-order valence-corrected chi connectivity index (χ0v) is 20.0. The summed E-state index contributed by atoms with van der Waals surface area (Å²) in [6.07, 6.45) is 7.21. The maximum absolute atomic E-state index is 13.0. The molecule has 0 aromatic heterocycles. The maximum atomic E-state index is 13.0. The Labute approximate surface area is 177 Å². The first kappa shape index (κ1) is 25.3. The van der Waals surface area contributed by atoms with Crippen molar-refractivity contribution in [2.45, 2.75) is 79.7 Å². The quantitative estimate of drug-likeness (QED) is 0.516. The normalized spacial score (nSPS) is 24.8. The van der Waals surface area contributed by atoms with E-state index in [1.165, 1.54) is 6.42 Å². The first-order valence-electron chi connectivity index (χ1n) is 11.2. The van der Waals surface area contributed by atoms with Crippen LogP contribution in [0.15, 0.2) is 0 Å². The van der Waals surface area contributed by atoms with Gasteiger partial charge in [0, 0.05) is 24.4 Å². The highest BCUT2D eigenvalue weighted by Crippen LogP contribution is 2.38. The SMILES string of the molecule is CSCC[C@H](C)C(=O)N[C@H](CNC(=O)[C@@H]1C[C@H](C)CC[C@H]1C(C)C)CC(C)C. The number of carbonyl (C=O) groups is 2. The van der Waals surface area contributed by atoms with E-state index < -0.39 is 0 Å². The molecule has 28 heavy (non-hydrogen) atoms. The highest BCUT2D eigenvalue weighted by Gasteiger charge is 2.35. The van der Waals surface area contributed by atoms with Crippen molar-refractivity contribution < 1.29 is 9.59 Å². The average molecular weight is 413 g/mol. The predicted octanol–water partition coefficient (Wildman–Crippen LogP) is 4.73. The zero-order valence-electron chi connectivity index (χ0n) is 19.2. The average Bonchev–Trinajstić information content (AvgIpc) is 2.62. The summed E-state index contributed by atoms with van der Waals surface area (Å²) in [7, 11) is 0. The topological polar surface area (TPSA) is 58.2 Å². The lowest BCUT2D eigenvalue weighted by molar-refractivity contribution is -0.130. The molecule has 1 fully saturated rings. The molecule has 0 spiro atoms. The van der Waals surface area contributed by atoms with Gasteiger partial charge in [-0.2, -0.15) is 11.8 Å². The summed E-state index contributed by atoms with van der Waals surface area (Å²) in [5.74, 6) is 3.52. The Kier molecular flexibility index (Phi) is 11.5. The van der Waals surface area contributed by atoms with Crippen LogP contribution in [0.4, 0.5) is 0 Å². The Morgan fingerprint density at radius 1 is 1.11 bits per heavy atom. The summed E-state index contributed by atoms with van der Waals surface area (Å²) in [6, 6.07) is 0.00620. The summed E-state index contributed by atoms with van der Waals surface area (Å²) in [4.78, 5) is 25.5. The van der Waals surface area contributed by atoms with Gasteiger partial charge in [-0.15, -0.1) is 0 Å². The van der Waals surface area contributed by atoms with E-state index in [9.17, 15) is 9.59 Å². The maximum Gasteiger partial charge on any atom is 0.223 e.